The summed E-state index contributed by atoms with van der Waals surface area (Å²) in [6, 6.07) is 29.1. The zero-order valence-corrected chi connectivity index (χ0v) is 28.1. The van der Waals surface area contributed by atoms with Gasteiger partial charge in [-0.25, -0.2) is 44.9 Å². The first-order chi connectivity index (χ1) is 26.7. The van der Waals surface area contributed by atoms with Gasteiger partial charge in [-0.2, -0.15) is 0 Å². The molecule has 0 atom stereocenters. The molecular formula is C45H21N9. The quantitative estimate of drug-likeness (QED) is 0.119. The number of benzene rings is 1. The molecule has 0 radical (unpaired) electrons. The fraction of sp³-hybridized carbons (Fsp3) is 0. The predicted molar refractivity (Wildman–Crippen MR) is 209 cm³/mol. The average molecular weight is 688 g/mol. The first-order valence-electron chi connectivity index (χ1n) is 16.9. The molecule has 0 saturated carbocycles. The molecule has 1 aromatic carbocycles. The van der Waals surface area contributed by atoms with Crippen LogP contribution in [0.4, 0.5) is 0 Å². The highest BCUT2D eigenvalue weighted by Crippen LogP contribution is 2.26. The molecule has 10 aromatic rings. The Morgan fingerprint density at radius 3 is 0.722 bits per heavy atom. The summed E-state index contributed by atoms with van der Waals surface area (Å²) in [6.07, 6.45) is 10.3. The van der Waals surface area contributed by atoms with Crippen molar-refractivity contribution in [3.05, 3.63) is 162 Å². The summed E-state index contributed by atoms with van der Waals surface area (Å²) in [7, 11) is 0. The van der Waals surface area contributed by atoms with E-state index in [9.17, 15) is 0 Å². The maximum atomic E-state index is 4.66. The van der Waals surface area contributed by atoms with Gasteiger partial charge in [0.2, 0.25) is 0 Å². The molecule has 9 heteroatoms. The Morgan fingerprint density at radius 1 is 0.278 bits per heavy atom. The number of rotatable bonds is 0. The molecular weight excluding hydrogens is 667 g/mol. The summed E-state index contributed by atoms with van der Waals surface area (Å²) in [6.45, 7) is 0. The van der Waals surface area contributed by atoms with Crippen LogP contribution in [0.1, 0.15) is 33.4 Å². The van der Waals surface area contributed by atoms with Crippen molar-refractivity contribution >= 4 is 66.2 Å². The molecule has 0 amide bonds. The highest BCUT2D eigenvalue weighted by molar-refractivity contribution is 5.99. The van der Waals surface area contributed by atoms with Gasteiger partial charge in [-0.3, -0.25) is 0 Å². The van der Waals surface area contributed by atoms with Crippen LogP contribution in [0.25, 0.3) is 66.2 Å². The van der Waals surface area contributed by atoms with Crippen molar-refractivity contribution in [2.75, 3.05) is 0 Å². The molecule has 0 aliphatic heterocycles. The van der Waals surface area contributed by atoms with Gasteiger partial charge in [0.25, 0.3) is 0 Å². The zero-order valence-electron chi connectivity index (χ0n) is 28.1. The molecule has 9 aromatic heterocycles. The maximum Gasteiger partial charge on any atom is 0.162 e. The van der Waals surface area contributed by atoms with Gasteiger partial charge < -0.3 is 0 Å². The van der Waals surface area contributed by atoms with E-state index in [4.69, 9.17) is 0 Å². The lowest BCUT2D eigenvalue weighted by Gasteiger charge is -2.05. The van der Waals surface area contributed by atoms with E-state index in [0.717, 1.165) is 65.7 Å². The molecule has 54 heavy (non-hydrogen) atoms. The van der Waals surface area contributed by atoms with Crippen LogP contribution < -0.4 is 0 Å². The van der Waals surface area contributed by atoms with Crippen LogP contribution in [0, 0.1) is 35.5 Å². The van der Waals surface area contributed by atoms with E-state index in [0.29, 0.717) is 33.9 Å². The van der Waals surface area contributed by atoms with Crippen LogP contribution in [-0.2, 0) is 0 Å². The molecule has 0 bridgehead atoms. The Bertz CT molecular complexity index is 2850. The first kappa shape index (κ1) is 30.6. The molecule has 246 valence electrons. The lowest BCUT2D eigenvalue weighted by Crippen LogP contribution is -1.93. The van der Waals surface area contributed by atoms with Crippen LogP contribution in [0.5, 0.6) is 0 Å². The number of hydrogen-bond donors (Lipinski definition) is 0. The van der Waals surface area contributed by atoms with Crippen molar-refractivity contribution in [1.29, 1.82) is 0 Å². The third-order valence-corrected chi connectivity index (χ3v) is 8.90. The second-order valence-corrected chi connectivity index (χ2v) is 12.3. The summed E-state index contributed by atoms with van der Waals surface area (Å²) in [4.78, 5) is 40.9. The van der Waals surface area contributed by atoms with E-state index in [1.54, 1.807) is 37.2 Å². The number of hydrogen-bond acceptors (Lipinski definition) is 9. The van der Waals surface area contributed by atoms with Crippen LogP contribution in [-0.4, -0.2) is 44.9 Å². The molecule has 0 spiro atoms. The van der Waals surface area contributed by atoms with E-state index in [-0.39, 0.29) is 0 Å². The van der Waals surface area contributed by atoms with Gasteiger partial charge in [-0.15, -0.1) is 0 Å². The Balaban J connectivity index is 1.18. The Morgan fingerprint density at radius 2 is 0.500 bits per heavy atom. The van der Waals surface area contributed by atoms with E-state index in [1.165, 1.54) is 0 Å². The van der Waals surface area contributed by atoms with E-state index < -0.39 is 0 Å². The molecule has 0 fully saturated rings. The van der Waals surface area contributed by atoms with Crippen molar-refractivity contribution in [2.45, 2.75) is 0 Å². The average Bonchev–Trinajstić information content (AvgIpc) is 3.22. The second kappa shape index (κ2) is 12.9. The summed E-state index contributed by atoms with van der Waals surface area (Å²) in [5, 5.41) is 5.08. The van der Waals surface area contributed by atoms with Gasteiger partial charge in [0.05, 0.1) is 0 Å². The van der Waals surface area contributed by atoms with Gasteiger partial charge in [-0.05, 0) is 91.0 Å². The van der Waals surface area contributed by atoms with Crippen LogP contribution in [0.15, 0.2) is 128 Å². The monoisotopic (exact) mass is 687 g/mol. The molecule has 0 N–H and O–H groups in total. The summed E-state index contributed by atoms with van der Waals surface area (Å²) in [5.74, 6) is 20.5. The van der Waals surface area contributed by atoms with Gasteiger partial charge in [0, 0.05) is 103 Å². The molecule has 9 nitrogen and oxygen atoms in total. The van der Waals surface area contributed by atoms with Crippen molar-refractivity contribution in [1.82, 2.24) is 44.9 Å². The highest BCUT2D eigenvalue weighted by Gasteiger charge is 2.11. The normalized spacial score (nSPS) is 10.9. The van der Waals surface area contributed by atoms with Crippen molar-refractivity contribution in [2.24, 2.45) is 0 Å². The Hall–Kier alpha value is -8.19. The fourth-order valence-electron chi connectivity index (χ4n) is 6.48. The molecule has 0 aliphatic carbocycles. The molecule has 0 aliphatic rings. The zero-order chi connectivity index (χ0) is 35.8. The van der Waals surface area contributed by atoms with Gasteiger partial charge in [0.1, 0.15) is 0 Å². The minimum absolute atomic E-state index is 0.584. The first-order valence-corrected chi connectivity index (χ1v) is 16.9. The second-order valence-electron chi connectivity index (χ2n) is 12.3. The van der Waals surface area contributed by atoms with Crippen LogP contribution in [0.2, 0.25) is 0 Å². The smallest absolute Gasteiger partial charge is 0.162 e. The Labute approximate surface area is 307 Å². The van der Waals surface area contributed by atoms with Gasteiger partial charge >= 0.3 is 0 Å². The Kier molecular flexibility index (Phi) is 7.29. The van der Waals surface area contributed by atoms with E-state index >= 15 is 0 Å². The lowest BCUT2D eigenvalue weighted by molar-refractivity contribution is 1.27. The van der Waals surface area contributed by atoms with E-state index in [2.05, 4.69) is 80.4 Å². The SMILES string of the molecule is C(#Cc1c2cccnc2nc2ncccc12)c1cc(C#Cc2c3cccnc3nc3ncccc23)cc(C#Cc2c3cccnc3nc3ncccc23)c1. The summed E-state index contributed by atoms with van der Waals surface area (Å²) < 4.78 is 0. The third kappa shape index (κ3) is 5.50. The third-order valence-electron chi connectivity index (χ3n) is 8.90. The van der Waals surface area contributed by atoms with Crippen LogP contribution >= 0.6 is 0 Å². The number of pyridine rings is 9. The van der Waals surface area contributed by atoms with Gasteiger partial charge in [-0.1, -0.05) is 35.5 Å². The lowest BCUT2D eigenvalue weighted by atomic mass is 10.0. The van der Waals surface area contributed by atoms with Crippen molar-refractivity contribution in [3.8, 4) is 35.5 Å². The molecule has 10 rings (SSSR count). The molecule has 0 unspecified atom stereocenters. The van der Waals surface area contributed by atoms with Crippen molar-refractivity contribution < 1.29 is 0 Å². The molecule has 9 heterocycles. The highest BCUT2D eigenvalue weighted by atomic mass is 14.9. The number of nitrogens with zero attached hydrogens (tertiary/aromatic N) is 9. The van der Waals surface area contributed by atoms with Gasteiger partial charge in [0.15, 0.2) is 33.9 Å². The van der Waals surface area contributed by atoms with E-state index in [1.807, 2.05) is 91.0 Å². The fourth-order valence-corrected chi connectivity index (χ4v) is 6.48. The van der Waals surface area contributed by atoms with Crippen molar-refractivity contribution in [3.63, 3.8) is 0 Å². The predicted octanol–water partition coefficient (Wildman–Crippen LogP) is 7.36. The number of aromatic nitrogens is 9. The summed E-state index contributed by atoms with van der Waals surface area (Å²) in [5.41, 5.74) is 8.09. The minimum atomic E-state index is 0.584. The van der Waals surface area contributed by atoms with Crippen LogP contribution in [0.3, 0.4) is 0 Å². The topological polar surface area (TPSA) is 116 Å². The minimum Gasteiger partial charge on any atom is -0.237 e. The standard InChI is InChI=1S/C45H21N9/c1-7-34-31(35-8-2-20-47-41(35)52-40(34)46-19-1)16-13-28-25-29(14-17-32-36-9-3-21-48-42(36)53-43-37(32)10-4-22-49-43)27-30(26-28)15-18-33-38-11-5-23-50-44(38)54-45-39(33)12-6-24-51-45/h1-12,19-27H. The number of fused-ring (bicyclic) bond motifs is 6. The maximum absolute atomic E-state index is 4.66. The largest absolute Gasteiger partial charge is 0.237 e. The summed E-state index contributed by atoms with van der Waals surface area (Å²) >= 11 is 0. The molecule has 0 saturated heterocycles.